The van der Waals surface area contributed by atoms with Gasteiger partial charge in [0.1, 0.15) is 18.7 Å². The van der Waals surface area contributed by atoms with E-state index in [9.17, 15) is 24.3 Å². The van der Waals surface area contributed by atoms with E-state index in [0.29, 0.717) is 42.0 Å². The molecule has 0 unspecified atom stereocenters. The Bertz CT molecular complexity index is 2120. The largest absolute Gasteiger partial charge is 0.445 e. The van der Waals surface area contributed by atoms with Crippen LogP contribution in [0.4, 0.5) is 4.79 Å². The number of piperidine rings is 1. The van der Waals surface area contributed by atoms with Crippen LogP contribution < -0.4 is 15.9 Å². The number of imidazole rings is 1. The van der Waals surface area contributed by atoms with Gasteiger partial charge in [-0.25, -0.2) is 9.78 Å². The molecule has 4 amide bonds. The highest BCUT2D eigenvalue weighted by Gasteiger charge is 2.33. The number of likely N-dealkylation sites (tertiary alicyclic amines) is 1. The van der Waals surface area contributed by atoms with Gasteiger partial charge in [-0.15, -0.1) is 0 Å². The number of hydrogen-bond donors (Lipinski definition) is 5. The monoisotopic (exact) mass is 787 g/mol. The van der Waals surface area contributed by atoms with Crippen LogP contribution in [0.25, 0.3) is 10.8 Å². The quantitative estimate of drug-likeness (QED) is 0.0793. The van der Waals surface area contributed by atoms with Gasteiger partial charge in [0.05, 0.1) is 24.9 Å². The first-order valence-corrected chi connectivity index (χ1v) is 20.1. The van der Waals surface area contributed by atoms with E-state index in [0.717, 1.165) is 29.2 Å². The highest BCUT2D eigenvalue weighted by Crippen LogP contribution is 2.28. The summed E-state index contributed by atoms with van der Waals surface area (Å²) >= 11 is 0. The van der Waals surface area contributed by atoms with Crippen molar-refractivity contribution in [2.45, 2.75) is 89.1 Å². The Balaban J connectivity index is 1.18. The summed E-state index contributed by atoms with van der Waals surface area (Å²) < 4.78 is 14.4. The Morgan fingerprint density at radius 3 is 2.24 bits per heavy atom. The van der Waals surface area contributed by atoms with Crippen molar-refractivity contribution in [1.29, 1.82) is 0 Å². The zero-order chi connectivity index (χ0) is 41.7. The van der Waals surface area contributed by atoms with Gasteiger partial charge in [-0.2, -0.15) is 0 Å². The summed E-state index contributed by atoms with van der Waals surface area (Å²) in [5, 5.41) is 19.6. The van der Waals surface area contributed by atoms with E-state index < -0.39 is 42.1 Å². The number of nitrogens with zero attached hydrogens (tertiary/aromatic N) is 2. The van der Waals surface area contributed by atoms with Crippen molar-refractivity contribution in [2.75, 3.05) is 13.1 Å². The van der Waals surface area contributed by atoms with Crippen molar-refractivity contribution in [3.05, 3.63) is 138 Å². The fourth-order valence-corrected chi connectivity index (χ4v) is 7.59. The summed E-state index contributed by atoms with van der Waals surface area (Å²) in [4.78, 5) is 64.4. The number of aromatic amines is 1. The number of aromatic nitrogens is 2. The minimum Gasteiger partial charge on any atom is -0.445 e. The number of aliphatic hydroxyl groups is 1. The maximum absolute atomic E-state index is 14.4. The Hall–Kier alpha value is -6.01. The number of amides is 4. The molecular weight excluding hydrogens is 733 g/mol. The number of aliphatic hydroxyl groups excluding tert-OH is 1. The van der Waals surface area contributed by atoms with Crippen molar-refractivity contribution < 1.29 is 30.4 Å². The van der Waals surface area contributed by atoms with E-state index in [1.54, 1.807) is 17.0 Å². The van der Waals surface area contributed by atoms with Crippen LogP contribution in [-0.4, -0.2) is 81.1 Å². The van der Waals surface area contributed by atoms with Crippen LogP contribution in [0, 0.1) is 5.92 Å². The molecule has 0 bridgehead atoms. The normalized spacial score (nSPS) is 15.5. The molecule has 1 aromatic heterocycles. The van der Waals surface area contributed by atoms with Crippen molar-refractivity contribution in [2.24, 2.45) is 5.92 Å². The molecule has 5 N–H and O–H groups in total. The first-order valence-electron chi connectivity index (χ1n) is 20.5. The molecule has 1 saturated heterocycles. The number of H-pyrrole nitrogens is 1. The number of benzene rings is 4. The van der Waals surface area contributed by atoms with Gasteiger partial charge < -0.3 is 35.7 Å². The first-order chi connectivity index (χ1) is 28.5. The fourth-order valence-electron chi connectivity index (χ4n) is 7.59. The number of fused-ring (bicyclic) bond motifs is 1. The van der Waals surface area contributed by atoms with Gasteiger partial charge in [0, 0.05) is 37.8 Å². The van der Waals surface area contributed by atoms with Crippen molar-refractivity contribution in [3.8, 4) is 0 Å². The van der Waals surface area contributed by atoms with E-state index in [-0.39, 0.29) is 37.7 Å². The molecule has 1 fully saturated rings. The third-order valence-corrected chi connectivity index (χ3v) is 10.7. The molecule has 304 valence electrons. The molecule has 58 heavy (non-hydrogen) atoms. The number of rotatable bonds is 17. The molecular formula is C46H54N6O6. The summed E-state index contributed by atoms with van der Waals surface area (Å²) in [6, 6.07) is 29.1. The van der Waals surface area contributed by atoms with Crippen LogP contribution in [0.15, 0.2) is 116 Å². The molecule has 5 aromatic rings. The molecule has 4 aromatic carbocycles. The van der Waals surface area contributed by atoms with Crippen LogP contribution >= 0.6 is 0 Å². The number of alkyl carbamates (subject to hydrolysis) is 1. The van der Waals surface area contributed by atoms with E-state index in [1.165, 1.54) is 18.1 Å². The lowest BCUT2D eigenvalue weighted by atomic mass is 9.89. The topological polar surface area (TPSA) is 166 Å². The second-order valence-electron chi connectivity index (χ2n) is 15.5. The maximum atomic E-state index is 14.4. The Morgan fingerprint density at radius 2 is 1.53 bits per heavy atom. The molecule has 0 saturated carbocycles. The van der Waals surface area contributed by atoms with Crippen LogP contribution in [0.2, 0.25) is 1.41 Å². The SMILES string of the molecule is [2H]N(C(=O)OCc1ccccc1)[C@@H](Cc1cccc2ccccc12)C(=O)N[C@@H](Cc1cnc[nH]1)C(=O)N[C@@H](CC(C)C)[C@@H](O)CC(=O)N1CCC(c2ccccc2)CC1. The predicted octanol–water partition coefficient (Wildman–Crippen LogP) is 5.82. The molecule has 6 rings (SSSR count). The molecule has 4 atom stereocenters. The number of carbonyl (C=O) groups is 4. The zero-order valence-electron chi connectivity index (χ0n) is 34.1. The number of hydrogen-bond acceptors (Lipinski definition) is 7. The first kappa shape index (κ1) is 40.2. The second kappa shape index (κ2) is 20.4. The Kier molecular flexibility index (Phi) is 14.2. The minimum atomic E-state index is -1.40. The predicted molar refractivity (Wildman–Crippen MR) is 222 cm³/mol. The van der Waals surface area contributed by atoms with Gasteiger partial charge in [-0.1, -0.05) is 117 Å². The fraction of sp³-hybridized carbons (Fsp3) is 0.370. The lowest BCUT2D eigenvalue weighted by Gasteiger charge is -2.34. The lowest BCUT2D eigenvalue weighted by molar-refractivity contribution is -0.136. The third-order valence-electron chi connectivity index (χ3n) is 10.7. The second-order valence-corrected chi connectivity index (χ2v) is 15.5. The molecule has 0 spiro atoms. The van der Waals surface area contributed by atoms with Crippen LogP contribution in [-0.2, 0) is 38.6 Å². The molecule has 12 heteroatoms. The van der Waals surface area contributed by atoms with E-state index in [1.807, 2.05) is 92.7 Å². The number of ether oxygens (including phenoxy) is 1. The maximum Gasteiger partial charge on any atom is 0.408 e. The van der Waals surface area contributed by atoms with Gasteiger partial charge in [0.15, 0.2) is 1.41 Å². The lowest BCUT2D eigenvalue weighted by Crippen LogP contribution is -2.57. The Morgan fingerprint density at radius 1 is 0.862 bits per heavy atom. The van der Waals surface area contributed by atoms with Crippen molar-refractivity contribution in [1.82, 2.24) is 30.8 Å². The van der Waals surface area contributed by atoms with Gasteiger partial charge in [-0.05, 0) is 58.6 Å². The summed E-state index contributed by atoms with van der Waals surface area (Å²) in [7, 11) is 0. The minimum absolute atomic E-state index is 0.00516. The standard InChI is InChI=1S/C46H54N6O6/c1-31(2)24-39(42(53)27-43(54)52-22-20-34(21-23-52)33-14-7-4-8-15-33)49-45(56)41(26-37-28-47-30-48-37)50-44(55)40(51-46(57)58-29-32-12-5-3-6-13-32)25-36-18-11-17-35-16-9-10-19-38(35)36/h3-19,28,30-31,34,39-42,53H,20-27,29H2,1-2H3,(H,47,48)(H,49,56)(H,50,55)(H,51,57)/t39-,40-,41-,42-/m0/s1/i/hD. The number of carbonyl (C=O) groups excluding carboxylic acids is 4. The van der Waals surface area contributed by atoms with Crippen molar-refractivity contribution in [3.63, 3.8) is 0 Å². The van der Waals surface area contributed by atoms with Crippen LogP contribution in [0.3, 0.4) is 0 Å². The summed E-state index contributed by atoms with van der Waals surface area (Å²) in [6.07, 6.45) is 2.59. The highest BCUT2D eigenvalue weighted by molar-refractivity contribution is 5.93. The summed E-state index contributed by atoms with van der Waals surface area (Å²) in [6.45, 7) is 4.98. The van der Waals surface area contributed by atoms with Crippen molar-refractivity contribution >= 4 is 34.6 Å². The number of nitrogens with one attached hydrogen (secondary N) is 4. The third kappa shape index (κ3) is 11.8. The molecule has 2 heterocycles. The molecule has 12 nitrogen and oxygen atoms in total. The molecule has 0 aliphatic carbocycles. The zero-order valence-corrected chi connectivity index (χ0v) is 33.1. The summed E-state index contributed by atoms with van der Waals surface area (Å²) in [5.74, 6) is -1.11. The van der Waals surface area contributed by atoms with Gasteiger partial charge in [-0.3, -0.25) is 14.4 Å². The van der Waals surface area contributed by atoms with E-state index in [4.69, 9.17) is 6.15 Å². The molecule has 0 radical (unpaired) electrons. The van der Waals surface area contributed by atoms with Crippen LogP contribution in [0.1, 0.15) is 67.8 Å². The van der Waals surface area contributed by atoms with Gasteiger partial charge >= 0.3 is 6.09 Å². The Labute approximate surface area is 341 Å². The smallest absolute Gasteiger partial charge is 0.408 e. The van der Waals surface area contributed by atoms with Crippen LogP contribution in [0.5, 0.6) is 0 Å². The average molecular weight is 788 g/mol. The average Bonchev–Trinajstić information content (AvgIpc) is 3.77. The van der Waals surface area contributed by atoms with E-state index >= 15 is 0 Å². The van der Waals surface area contributed by atoms with Gasteiger partial charge in [0.2, 0.25) is 17.7 Å². The van der Waals surface area contributed by atoms with E-state index in [2.05, 4.69) is 32.7 Å². The van der Waals surface area contributed by atoms with Gasteiger partial charge in [0.25, 0.3) is 0 Å². The molecule has 1 aliphatic heterocycles. The summed E-state index contributed by atoms with van der Waals surface area (Å²) in [5.41, 5.74) is 3.25. The molecule has 1 aliphatic rings. The highest BCUT2D eigenvalue weighted by atomic mass is 16.5.